The summed E-state index contributed by atoms with van der Waals surface area (Å²) in [5.41, 5.74) is 0.365. The minimum atomic E-state index is -3.45. The first-order valence-corrected chi connectivity index (χ1v) is 6.70. The van der Waals surface area contributed by atoms with Gasteiger partial charge in [0.25, 0.3) is 0 Å². The van der Waals surface area contributed by atoms with E-state index >= 15 is 0 Å². The molecule has 0 fully saturated rings. The number of hydrogen-bond donors (Lipinski definition) is 2. The highest BCUT2D eigenvalue weighted by atomic mass is 32.2. The molecule has 1 aromatic heterocycles. The SMILES string of the molecule is CC(C)(C)S(=O)(=O)NCc1cn(CC(=O)O)nn1. The van der Waals surface area contributed by atoms with E-state index in [2.05, 4.69) is 15.0 Å². The van der Waals surface area contributed by atoms with Gasteiger partial charge in [-0.05, 0) is 20.8 Å². The van der Waals surface area contributed by atoms with Crippen molar-refractivity contribution in [2.75, 3.05) is 0 Å². The van der Waals surface area contributed by atoms with Gasteiger partial charge in [0.05, 0.1) is 23.2 Å². The van der Waals surface area contributed by atoms with E-state index in [0.717, 1.165) is 4.68 Å². The first kappa shape index (κ1) is 14.6. The number of carbonyl (C=O) groups is 1. The zero-order valence-electron chi connectivity index (χ0n) is 10.4. The van der Waals surface area contributed by atoms with E-state index in [4.69, 9.17) is 5.11 Å². The molecule has 18 heavy (non-hydrogen) atoms. The molecule has 0 saturated carbocycles. The summed E-state index contributed by atoms with van der Waals surface area (Å²) < 4.78 is 26.1. The maximum absolute atomic E-state index is 11.7. The van der Waals surface area contributed by atoms with Crippen LogP contribution in [0.15, 0.2) is 6.20 Å². The van der Waals surface area contributed by atoms with Gasteiger partial charge >= 0.3 is 5.97 Å². The van der Waals surface area contributed by atoms with Crippen molar-refractivity contribution in [2.45, 2.75) is 38.6 Å². The number of nitrogens with one attached hydrogen (secondary N) is 1. The number of carboxylic acid groups (broad SMARTS) is 1. The molecule has 102 valence electrons. The van der Waals surface area contributed by atoms with Crippen LogP contribution in [0.2, 0.25) is 0 Å². The van der Waals surface area contributed by atoms with Crippen molar-refractivity contribution in [2.24, 2.45) is 0 Å². The number of nitrogens with zero attached hydrogens (tertiary/aromatic N) is 3. The third kappa shape index (κ3) is 3.77. The standard InChI is InChI=1S/C9H16N4O4S/c1-9(2,3)18(16,17)10-4-7-5-13(12-11-7)6-8(14)15/h5,10H,4,6H2,1-3H3,(H,14,15). The second-order valence-electron chi connectivity index (χ2n) is 4.74. The number of aliphatic carboxylic acids is 1. The summed E-state index contributed by atoms with van der Waals surface area (Å²) in [7, 11) is -3.45. The monoisotopic (exact) mass is 276 g/mol. The minimum Gasteiger partial charge on any atom is -0.480 e. The van der Waals surface area contributed by atoms with Crippen LogP contribution in [0.1, 0.15) is 26.5 Å². The topological polar surface area (TPSA) is 114 Å². The lowest BCUT2D eigenvalue weighted by atomic mass is 10.3. The Labute approximate surface area is 105 Å². The Morgan fingerprint density at radius 1 is 1.50 bits per heavy atom. The van der Waals surface area contributed by atoms with Crippen LogP contribution in [0.3, 0.4) is 0 Å². The van der Waals surface area contributed by atoms with Crippen LogP contribution < -0.4 is 4.72 Å². The lowest BCUT2D eigenvalue weighted by Gasteiger charge is -2.18. The van der Waals surface area contributed by atoms with E-state index in [-0.39, 0.29) is 13.1 Å². The minimum absolute atomic E-state index is 0.0147. The first-order chi connectivity index (χ1) is 8.12. The zero-order chi connectivity index (χ0) is 14.0. The molecule has 0 aliphatic carbocycles. The van der Waals surface area contributed by atoms with Crippen LogP contribution in [-0.4, -0.2) is 39.2 Å². The van der Waals surface area contributed by atoms with Gasteiger partial charge in [-0.3, -0.25) is 4.79 Å². The molecule has 0 spiro atoms. The Morgan fingerprint density at radius 3 is 2.61 bits per heavy atom. The molecule has 0 bridgehead atoms. The van der Waals surface area contributed by atoms with Crippen LogP contribution in [0.5, 0.6) is 0 Å². The number of hydrogen-bond acceptors (Lipinski definition) is 5. The molecule has 8 nitrogen and oxygen atoms in total. The fourth-order valence-electron chi connectivity index (χ4n) is 1.02. The van der Waals surface area contributed by atoms with Gasteiger partial charge in [-0.2, -0.15) is 0 Å². The van der Waals surface area contributed by atoms with Gasteiger partial charge in [-0.25, -0.2) is 17.8 Å². The molecule has 1 heterocycles. The average Bonchev–Trinajstić information content (AvgIpc) is 2.60. The fraction of sp³-hybridized carbons (Fsp3) is 0.667. The van der Waals surface area contributed by atoms with Crippen LogP contribution in [0, 0.1) is 0 Å². The average molecular weight is 276 g/mol. The summed E-state index contributed by atoms with van der Waals surface area (Å²) in [6, 6.07) is 0. The van der Waals surface area contributed by atoms with Crippen molar-refractivity contribution in [1.82, 2.24) is 19.7 Å². The molecule has 1 rings (SSSR count). The molecule has 0 saturated heterocycles. The normalized spacial score (nSPS) is 12.6. The molecule has 0 aliphatic rings. The summed E-state index contributed by atoms with van der Waals surface area (Å²) in [6.07, 6.45) is 1.39. The van der Waals surface area contributed by atoms with E-state index in [9.17, 15) is 13.2 Å². The van der Waals surface area contributed by atoms with Gasteiger partial charge < -0.3 is 5.11 Å². The van der Waals surface area contributed by atoms with Crippen LogP contribution in [-0.2, 0) is 27.9 Å². The van der Waals surface area contributed by atoms with Gasteiger partial charge in [0.2, 0.25) is 10.0 Å². The number of carboxylic acids is 1. The Bertz CT molecular complexity index is 529. The Kier molecular flexibility index (Phi) is 4.07. The third-order valence-electron chi connectivity index (χ3n) is 2.13. The van der Waals surface area contributed by atoms with E-state index in [1.165, 1.54) is 6.20 Å². The van der Waals surface area contributed by atoms with Crippen LogP contribution in [0.25, 0.3) is 0 Å². The number of sulfonamides is 1. The van der Waals surface area contributed by atoms with Crippen molar-refractivity contribution in [3.05, 3.63) is 11.9 Å². The smallest absolute Gasteiger partial charge is 0.325 e. The molecule has 2 N–H and O–H groups in total. The summed E-state index contributed by atoms with van der Waals surface area (Å²) in [5.74, 6) is -1.04. The van der Waals surface area contributed by atoms with Gasteiger partial charge in [0.1, 0.15) is 6.54 Å². The highest BCUT2D eigenvalue weighted by Crippen LogP contribution is 2.13. The summed E-state index contributed by atoms with van der Waals surface area (Å²) in [4.78, 5) is 10.4. The van der Waals surface area contributed by atoms with Crippen molar-refractivity contribution >= 4 is 16.0 Å². The summed E-state index contributed by atoms with van der Waals surface area (Å²) >= 11 is 0. The second-order valence-corrected chi connectivity index (χ2v) is 7.26. The quantitative estimate of drug-likeness (QED) is 0.755. The van der Waals surface area contributed by atoms with Crippen LogP contribution in [0.4, 0.5) is 0 Å². The molecule has 0 radical (unpaired) electrons. The Morgan fingerprint density at radius 2 is 2.11 bits per heavy atom. The number of aromatic nitrogens is 3. The maximum atomic E-state index is 11.7. The lowest BCUT2D eigenvalue weighted by Crippen LogP contribution is -2.39. The van der Waals surface area contributed by atoms with Gasteiger partial charge in [-0.1, -0.05) is 5.21 Å². The van der Waals surface area contributed by atoms with Gasteiger partial charge in [0.15, 0.2) is 0 Å². The Balaban J connectivity index is 2.65. The first-order valence-electron chi connectivity index (χ1n) is 5.22. The molecule has 0 atom stereocenters. The van der Waals surface area contributed by atoms with E-state index in [0.29, 0.717) is 5.69 Å². The highest BCUT2D eigenvalue weighted by Gasteiger charge is 2.28. The predicted octanol–water partition coefficient (Wildman–Crippen LogP) is -0.419. The zero-order valence-corrected chi connectivity index (χ0v) is 11.2. The second kappa shape index (κ2) is 5.02. The maximum Gasteiger partial charge on any atom is 0.325 e. The van der Waals surface area contributed by atoms with Gasteiger partial charge in [-0.15, -0.1) is 5.10 Å². The fourth-order valence-corrected chi connectivity index (χ4v) is 1.79. The van der Waals surface area contributed by atoms with E-state index < -0.39 is 20.7 Å². The summed E-state index contributed by atoms with van der Waals surface area (Å²) in [5, 5.41) is 15.8. The van der Waals surface area contributed by atoms with E-state index in [1.54, 1.807) is 20.8 Å². The Hall–Kier alpha value is -1.48. The molecular weight excluding hydrogens is 260 g/mol. The number of rotatable bonds is 5. The van der Waals surface area contributed by atoms with Crippen molar-refractivity contribution in [1.29, 1.82) is 0 Å². The van der Waals surface area contributed by atoms with Crippen LogP contribution >= 0.6 is 0 Å². The largest absolute Gasteiger partial charge is 0.480 e. The third-order valence-corrected chi connectivity index (χ3v) is 4.27. The van der Waals surface area contributed by atoms with Crippen molar-refractivity contribution < 1.29 is 18.3 Å². The molecule has 0 amide bonds. The molecule has 0 aromatic carbocycles. The molecule has 1 aromatic rings. The lowest BCUT2D eigenvalue weighted by molar-refractivity contribution is -0.137. The summed E-state index contributed by atoms with van der Waals surface area (Å²) in [6.45, 7) is 4.42. The van der Waals surface area contributed by atoms with Crippen molar-refractivity contribution in [3.63, 3.8) is 0 Å². The molecular formula is C9H16N4O4S. The molecule has 0 aliphatic heterocycles. The van der Waals surface area contributed by atoms with Gasteiger partial charge in [0, 0.05) is 0 Å². The highest BCUT2D eigenvalue weighted by molar-refractivity contribution is 7.90. The van der Waals surface area contributed by atoms with E-state index in [1.807, 2.05) is 0 Å². The van der Waals surface area contributed by atoms with Crippen molar-refractivity contribution in [3.8, 4) is 0 Å². The predicted molar refractivity (Wildman–Crippen MR) is 63.2 cm³/mol. The molecule has 9 heteroatoms. The molecule has 0 unspecified atom stereocenters.